The lowest BCUT2D eigenvalue weighted by Crippen LogP contribution is -2.49. The Kier molecular flexibility index (Phi) is 4.19. The summed E-state index contributed by atoms with van der Waals surface area (Å²) in [5.41, 5.74) is 6.20. The molecule has 0 radical (unpaired) electrons. The number of hydrogen-bond donors (Lipinski definition) is 1. The molecule has 1 heterocycles. The largest absolute Gasteiger partial charge is 0.329 e. The molecule has 1 unspecified atom stereocenters. The van der Waals surface area contributed by atoms with Crippen molar-refractivity contribution in [3.05, 3.63) is 35.1 Å². The van der Waals surface area contributed by atoms with E-state index in [1.807, 2.05) is 0 Å². The van der Waals surface area contributed by atoms with E-state index in [0.29, 0.717) is 5.56 Å². The van der Waals surface area contributed by atoms with Crippen molar-refractivity contribution in [1.29, 1.82) is 0 Å². The average Bonchev–Trinajstić information content (AvgIpc) is 3.31. The van der Waals surface area contributed by atoms with Crippen LogP contribution in [0.3, 0.4) is 0 Å². The van der Waals surface area contributed by atoms with Gasteiger partial charge in [0.15, 0.2) is 17.5 Å². The summed E-state index contributed by atoms with van der Waals surface area (Å²) < 4.78 is 39.9. The fourth-order valence-corrected chi connectivity index (χ4v) is 3.12. The Balaban J connectivity index is 1.72. The van der Waals surface area contributed by atoms with Crippen molar-refractivity contribution < 1.29 is 13.2 Å². The Morgan fingerprint density at radius 2 is 1.62 bits per heavy atom. The molecule has 1 aromatic rings. The van der Waals surface area contributed by atoms with Crippen LogP contribution >= 0.6 is 0 Å². The van der Waals surface area contributed by atoms with Crippen molar-refractivity contribution in [1.82, 2.24) is 9.80 Å². The second-order valence-electron chi connectivity index (χ2n) is 5.85. The molecule has 0 bridgehead atoms. The van der Waals surface area contributed by atoms with Crippen LogP contribution in [-0.2, 0) is 0 Å². The third-order valence-electron chi connectivity index (χ3n) is 4.47. The molecule has 1 aromatic carbocycles. The van der Waals surface area contributed by atoms with Gasteiger partial charge in [-0.05, 0) is 30.5 Å². The number of hydrogen-bond acceptors (Lipinski definition) is 3. The van der Waals surface area contributed by atoms with Crippen LogP contribution < -0.4 is 5.73 Å². The highest BCUT2D eigenvalue weighted by atomic mass is 19.2. The summed E-state index contributed by atoms with van der Waals surface area (Å²) in [6.45, 7) is 3.80. The minimum absolute atomic E-state index is 0.258. The Morgan fingerprint density at radius 3 is 2.10 bits per heavy atom. The van der Waals surface area contributed by atoms with Crippen LogP contribution in [0.25, 0.3) is 0 Å². The van der Waals surface area contributed by atoms with Crippen LogP contribution in [0.1, 0.15) is 24.4 Å². The Hall–Kier alpha value is -1.11. The van der Waals surface area contributed by atoms with Crippen molar-refractivity contribution in [2.75, 3.05) is 32.7 Å². The van der Waals surface area contributed by atoms with Crippen LogP contribution in [0.5, 0.6) is 0 Å². The summed E-state index contributed by atoms with van der Waals surface area (Å²) in [5, 5.41) is 0. The lowest BCUT2D eigenvalue weighted by Gasteiger charge is -2.39. The van der Waals surface area contributed by atoms with E-state index in [1.54, 1.807) is 0 Å². The van der Waals surface area contributed by atoms with Gasteiger partial charge in [0.25, 0.3) is 0 Å². The summed E-state index contributed by atoms with van der Waals surface area (Å²) in [5.74, 6) is -3.73. The van der Waals surface area contributed by atoms with Gasteiger partial charge in [-0.25, -0.2) is 13.2 Å². The third kappa shape index (κ3) is 3.07. The van der Waals surface area contributed by atoms with Gasteiger partial charge >= 0.3 is 0 Å². The van der Waals surface area contributed by atoms with Crippen LogP contribution in [-0.4, -0.2) is 48.6 Å². The van der Waals surface area contributed by atoms with Crippen molar-refractivity contribution in [3.8, 4) is 0 Å². The first-order valence-electron chi connectivity index (χ1n) is 7.42. The van der Waals surface area contributed by atoms with E-state index in [1.165, 1.54) is 12.8 Å². The van der Waals surface area contributed by atoms with Gasteiger partial charge in [0.2, 0.25) is 0 Å². The second-order valence-corrected chi connectivity index (χ2v) is 5.85. The fraction of sp³-hybridized carbons (Fsp3) is 0.600. The molecule has 1 atom stereocenters. The molecule has 2 fully saturated rings. The van der Waals surface area contributed by atoms with Gasteiger partial charge in [-0.1, -0.05) is 0 Å². The zero-order valence-electron chi connectivity index (χ0n) is 11.9. The van der Waals surface area contributed by atoms with E-state index < -0.39 is 17.5 Å². The van der Waals surface area contributed by atoms with Gasteiger partial charge in [0.1, 0.15) is 0 Å². The van der Waals surface area contributed by atoms with E-state index in [9.17, 15) is 13.2 Å². The molecule has 1 aliphatic carbocycles. The van der Waals surface area contributed by atoms with Crippen molar-refractivity contribution in [3.63, 3.8) is 0 Å². The highest BCUT2D eigenvalue weighted by Crippen LogP contribution is 2.30. The maximum atomic E-state index is 13.4. The van der Waals surface area contributed by atoms with Gasteiger partial charge < -0.3 is 5.73 Å². The lowest BCUT2D eigenvalue weighted by molar-refractivity contribution is 0.0935. The molecule has 0 aromatic heterocycles. The maximum Gasteiger partial charge on any atom is 0.194 e. The summed E-state index contributed by atoms with van der Waals surface area (Å²) in [7, 11) is 0. The van der Waals surface area contributed by atoms with E-state index in [-0.39, 0.29) is 12.6 Å². The Bertz CT molecular complexity index is 488. The van der Waals surface area contributed by atoms with Crippen molar-refractivity contribution in [2.24, 2.45) is 5.73 Å². The number of nitrogens with two attached hydrogens (primary N) is 1. The molecule has 1 aliphatic heterocycles. The SMILES string of the molecule is NCC(c1cc(F)c(F)c(F)c1)N1CCN(C2CC2)CC1. The highest BCUT2D eigenvalue weighted by Gasteiger charge is 2.33. The number of piperazine rings is 1. The molecule has 3 nitrogen and oxygen atoms in total. The number of rotatable bonds is 4. The molecular formula is C15H20F3N3. The summed E-state index contributed by atoms with van der Waals surface area (Å²) in [6, 6.07) is 2.58. The first kappa shape index (κ1) is 14.8. The van der Waals surface area contributed by atoms with Crippen LogP contribution in [0, 0.1) is 17.5 Å². The quantitative estimate of drug-likeness (QED) is 0.862. The first-order chi connectivity index (χ1) is 10.1. The zero-order chi connectivity index (χ0) is 15.0. The molecule has 2 N–H and O–H groups in total. The number of benzene rings is 1. The van der Waals surface area contributed by atoms with E-state index in [0.717, 1.165) is 44.4 Å². The summed E-state index contributed by atoms with van der Waals surface area (Å²) in [4.78, 5) is 4.58. The molecule has 0 spiro atoms. The van der Waals surface area contributed by atoms with E-state index in [4.69, 9.17) is 5.73 Å². The van der Waals surface area contributed by atoms with Crippen molar-refractivity contribution in [2.45, 2.75) is 24.9 Å². The summed E-state index contributed by atoms with van der Waals surface area (Å²) in [6.07, 6.45) is 2.55. The molecule has 3 rings (SSSR count). The fourth-order valence-electron chi connectivity index (χ4n) is 3.12. The molecule has 0 amide bonds. The smallest absolute Gasteiger partial charge is 0.194 e. The summed E-state index contributed by atoms with van der Waals surface area (Å²) >= 11 is 0. The first-order valence-corrected chi connectivity index (χ1v) is 7.42. The normalized spacial score (nSPS) is 22.5. The molecule has 6 heteroatoms. The van der Waals surface area contributed by atoms with Gasteiger partial charge in [0, 0.05) is 44.8 Å². The molecule has 1 saturated carbocycles. The van der Waals surface area contributed by atoms with E-state index in [2.05, 4.69) is 9.80 Å². The monoisotopic (exact) mass is 299 g/mol. The second kappa shape index (κ2) is 5.94. The molecule has 21 heavy (non-hydrogen) atoms. The Labute approximate surface area is 122 Å². The van der Waals surface area contributed by atoms with Crippen LogP contribution in [0.15, 0.2) is 12.1 Å². The van der Waals surface area contributed by atoms with Gasteiger partial charge in [-0.15, -0.1) is 0 Å². The predicted octanol–water partition coefficient (Wildman–Crippen LogP) is 1.88. The maximum absolute atomic E-state index is 13.4. The third-order valence-corrected chi connectivity index (χ3v) is 4.47. The number of halogens is 3. The molecule has 116 valence electrons. The Morgan fingerprint density at radius 1 is 1.05 bits per heavy atom. The molecule has 1 saturated heterocycles. The zero-order valence-corrected chi connectivity index (χ0v) is 11.9. The minimum atomic E-state index is -1.42. The topological polar surface area (TPSA) is 32.5 Å². The minimum Gasteiger partial charge on any atom is -0.329 e. The average molecular weight is 299 g/mol. The van der Waals surface area contributed by atoms with Crippen LogP contribution in [0.2, 0.25) is 0 Å². The van der Waals surface area contributed by atoms with Gasteiger partial charge in [-0.3, -0.25) is 9.80 Å². The van der Waals surface area contributed by atoms with Crippen LogP contribution in [0.4, 0.5) is 13.2 Å². The highest BCUT2D eigenvalue weighted by molar-refractivity contribution is 5.23. The van der Waals surface area contributed by atoms with Gasteiger partial charge in [0.05, 0.1) is 0 Å². The standard InChI is InChI=1S/C15H20F3N3/c16-12-7-10(8-13(17)15(12)18)14(9-19)21-5-3-20(4-6-21)11-1-2-11/h7-8,11,14H,1-6,9,19H2. The lowest BCUT2D eigenvalue weighted by atomic mass is 10.0. The predicted molar refractivity (Wildman–Crippen MR) is 74.3 cm³/mol. The van der Waals surface area contributed by atoms with Gasteiger partial charge in [-0.2, -0.15) is 0 Å². The number of nitrogens with zero attached hydrogens (tertiary/aromatic N) is 2. The van der Waals surface area contributed by atoms with Crippen molar-refractivity contribution >= 4 is 0 Å². The molecular weight excluding hydrogens is 279 g/mol. The molecule has 2 aliphatic rings. The van der Waals surface area contributed by atoms with E-state index >= 15 is 0 Å².